The lowest BCUT2D eigenvalue weighted by Crippen LogP contribution is -2.41. The fourth-order valence-electron chi connectivity index (χ4n) is 4.43. The molecule has 0 atom stereocenters. The van der Waals surface area contributed by atoms with Crippen molar-refractivity contribution >= 4 is 34.0 Å². The number of nitrogens with zero attached hydrogens (tertiary/aromatic N) is 1. The van der Waals surface area contributed by atoms with E-state index < -0.39 is 28.3 Å². The lowest BCUT2D eigenvalue weighted by atomic mass is 9.78. The van der Waals surface area contributed by atoms with Gasteiger partial charge < -0.3 is 14.2 Å². The Kier molecular flexibility index (Phi) is 6.55. The molecule has 0 aliphatic carbocycles. The van der Waals surface area contributed by atoms with Crippen LogP contribution < -0.4 is 15.1 Å². The fraction of sp³-hybridized carbons (Fsp3) is 0.520. The summed E-state index contributed by atoms with van der Waals surface area (Å²) >= 11 is 0. The minimum Gasteiger partial charge on any atom is -0.399 e. The molecule has 2 fully saturated rings. The second kappa shape index (κ2) is 8.97. The van der Waals surface area contributed by atoms with Gasteiger partial charge in [-0.25, -0.2) is 8.42 Å². The summed E-state index contributed by atoms with van der Waals surface area (Å²) in [4.78, 5) is 2.58. The minimum atomic E-state index is -3.76. The third-order valence-corrected chi connectivity index (χ3v) is 8.60. The van der Waals surface area contributed by atoms with Crippen molar-refractivity contribution in [1.82, 2.24) is 0 Å². The zero-order chi connectivity index (χ0) is 23.9. The Labute approximate surface area is 198 Å². The second-order valence-corrected chi connectivity index (χ2v) is 11.6. The topological polar surface area (TPSA) is 67.9 Å². The summed E-state index contributed by atoms with van der Waals surface area (Å²) in [5.74, 6) is 0. The van der Waals surface area contributed by atoms with Crippen molar-refractivity contribution in [2.24, 2.45) is 0 Å². The molecule has 0 amide bonds. The number of sulfonamides is 1. The lowest BCUT2D eigenvalue weighted by Gasteiger charge is -2.32. The van der Waals surface area contributed by atoms with Crippen LogP contribution in [-0.4, -0.2) is 39.8 Å². The molecular weight excluding hydrogens is 435 g/mol. The van der Waals surface area contributed by atoms with Gasteiger partial charge in [0.2, 0.25) is 0 Å². The Morgan fingerprint density at radius 1 is 0.970 bits per heavy atom. The Hall–Kier alpha value is -2.03. The zero-order valence-corrected chi connectivity index (χ0v) is 21.2. The van der Waals surface area contributed by atoms with Crippen LogP contribution >= 0.6 is 0 Å². The second-order valence-electron chi connectivity index (χ2n) is 9.98. The number of aryl methyl sites for hydroxylation is 1. The number of hydrogen-bond donors (Lipinski definition) is 1. The van der Waals surface area contributed by atoms with Crippen molar-refractivity contribution < 1.29 is 17.7 Å². The van der Waals surface area contributed by atoms with Crippen LogP contribution in [0.1, 0.15) is 59.4 Å². The molecule has 0 unspecified atom stereocenters. The van der Waals surface area contributed by atoms with E-state index in [2.05, 4.69) is 9.62 Å². The molecule has 2 aliphatic rings. The van der Waals surface area contributed by atoms with E-state index in [-0.39, 0.29) is 0 Å². The quantitative estimate of drug-likeness (QED) is 0.637. The van der Waals surface area contributed by atoms with Crippen LogP contribution in [-0.2, 0) is 25.8 Å². The average Bonchev–Trinajstić information content (AvgIpc) is 3.01. The smallest absolute Gasteiger partial charge is 0.399 e. The van der Waals surface area contributed by atoms with E-state index in [9.17, 15) is 8.42 Å². The molecule has 8 heteroatoms. The predicted octanol–water partition coefficient (Wildman–Crippen LogP) is 4.34. The monoisotopic (exact) mass is 470 g/mol. The van der Waals surface area contributed by atoms with Crippen LogP contribution in [0.4, 0.5) is 11.4 Å². The van der Waals surface area contributed by atoms with Gasteiger partial charge in [0.25, 0.3) is 10.0 Å². The summed E-state index contributed by atoms with van der Waals surface area (Å²) in [7, 11) is -4.32. The molecule has 4 rings (SSSR count). The molecule has 0 spiro atoms. The van der Waals surface area contributed by atoms with Crippen LogP contribution in [0.2, 0.25) is 0 Å². The molecule has 33 heavy (non-hydrogen) atoms. The largest absolute Gasteiger partial charge is 0.494 e. The summed E-state index contributed by atoms with van der Waals surface area (Å²) in [6.07, 6.45) is 4.05. The molecule has 2 aromatic carbocycles. The Morgan fingerprint density at radius 2 is 1.61 bits per heavy atom. The van der Waals surface area contributed by atoms with Crippen molar-refractivity contribution in [3.8, 4) is 0 Å². The third-order valence-electron chi connectivity index (χ3n) is 7.13. The van der Waals surface area contributed by atoms with Crippen molar-refractivity contribution in [2.45, 2.75) is 76.4 Å². The molecule has 2 saturated heterocycles. The van der Waals surface area contributed by atoms with Crippen LogP contribution in [0, 0.1) is 0 Å². The standard InChI is InChI=1S/C25H35BN2O4S/c1-6-19-12-8-9-13-23(19)33(29,30)27-21-18-20(26-31-24(2,3)25(4,5)32-26)14-15-22(21)28-16-10-7-11-17-28/h8-9,12-15,18,27H,6-7,10-11,16-17H2,1-5H3. The highest BCUT2D eigenvalue weighted by atomic mass is 32.2. The molecule has 2 heterocycles. The maximum atomic E-state index is 13.5. The first kappa shape index (κ1) is 24.1. The zero-order valence-electron chi connectivity index (χ0n) is 20.3. The molecule has 2 aromatic rings. The molecule has 178 valence electrons. The van der Waals surface area contributed by atoms with Gasteiger partial charge in [0, 0.05) is 13.1 Å². The maximum absolute atomic E-state index is 13.5. The van der Waals surface area contributed by atoms with Gasteiger partial charge in [-0.3, -0.25) is 4.72 Å². The van der Waals surface area contributed by atoms with Gasteiger partial charge in [0.15, 0.2) is 0 Å². The van der Waals surface area contributed by atoms with Gasteiger partial charge in [0.1, 0.15) is 0 Å². The highest BCUT2D eigenvalue weighted by Crippen LogP contribution is 2.37. The number of anilines is 2. The maximum Gasteiger partial charge on any atom is 0.494 e. The average molecular weight is 470 g/mol. The van der Waals surface area contributed by atoms with Gasteiger partial charge in [-0.15, -0.1) is 0 Å². The number of nitrogens with one attached hydrogen (secondary N) is 1. The van der Waals surface area contributed by atoms with Crippen molar-refractivity contribution in [1.29, 1.82) is 0 Å². The number of hydrogen-bond acceptors (Lipinski definition) is 5. The van der Waals surface area contributed by atoms with Crippen LogP contribution in [0.25, 0.3) is 0 Å². The van der Waals surface area contributed by atoms with Crippen molar-refractivity contribution in [3.05, 3.63) is 48.0 Å². The first-order valence-corrected chi connectivity index (χ1v) is 13.4. The van der Waals surface area contributed by atoms with Gasteiger partial charge in [-0.2, -0.15) is 0 Å². The van der Waals surface area contributed by atoms with Gasteiger partial charge >= 0.3 is 7.12 Å². The van der Waals surface area contributed by atoms with E-state index in [0.717, 1.165) is 42.6 Å². The molecular formula is C25H35BN2O4S. The summed E-state index contributed by atoms with van der Waals surface area (Å²) in [6.45, 7) is 11.8. The normalized spacial score (nSPS) is 20.2. The molecule has 2 aliphatic heterocycles. The van der Waals surface area contributed by atoms with Crippen LogP contribution in [0.5, 0.6) is 0 Å². The van der Waals surface area contributed by atoms with Crippen molar-refractivity contribution in [3.63, 3.8) is 0 Å². The van der Waals surface area contributed by atoms with Gasteiger partial charge in [-0.1, -0.05) is 31.2 Å². The predicted molar refractivity (Wildman–Crippen MR) is 135 cm³/mol. The molecule has 6 nitrogen and oxygen atoms in total. The van der Waals surface area contributed by atoms with E-state index in [4.69, 9.17) is 9.31 Å². The molecule has 0 bridgehead atoms. The minimum absolute atomic E-state index is 0.318. The first-order chi connectivity index (χ1) is 15.5. The number of rotatable bonds is 6. The summed E-state index contributed by atoms with van der Waals surface area (Å²) in [5, 5.41) is 0. The molecule has 0 saturated carbocycles. The Balaban J connectivity index is 1.73. The van der Waals surface area contributed by atoms with Crippen LogP contribution in [0.15, 0.2) is 47.4 Å². The number of benzene rings is 2. The van der Waals surface area contributed by atoms with Crippen molar-refractivity contribution in [2.75, 3.05) is 22.7 Å². The molecule has 0 radical (unpaired) electrons. The van der Waals surface area contributed by atoms with E-state index in [1.165, 1.54) is 6.42 Å². The Bertz CT molecular complexity index is 1100. The first-order valence-electron chi connectivity index (χ1n) is 11.9. The summed E-state index contributed by atoms with van der Waals surface area (Å²) in [6, 6.07) is 13.0. The molecule has 0 aromatic heterocycles. The highest BCUT2D eigenvalue weighted by Gasteiger charge is 2.51. The van der Waals surface area contributed by atoms with E-state index >= 15 is 0 Å². The van der Waals surface area contributed by atoms with Gasteiger partial charge in [-0.05, 0) is 82.6 Å². The lowest BCUT2D eigenvalue weighted by molar-refractivity contribution is 0.00578. The van der Waals surface area contributed by atoms with Crippen LogP contribution in [0.3, 0.4) is 0 Å². The third kappa shape index (κ3) is 4.79. The fourth-order valence-corrected chi connectivity index (χ4v) is 5.81. The van der Waals surface area contributed by atoms with E-state index in [0.29, 0.717) is 17.0 Å². The highest BCUT2D eigenvalue weighted by molar-refractivity contribution is 7.92. The Morgan fingerprint density at radius 3 is 2.24 bits per heavy atom. The SMILES string of the molecule is CCc1ccccc1S(=O)(=O)Nc1cc(B2OC(C)(C)C(C)(C)O2)ccc1N1CCCCC1. The van der Waals surface area contributed by atoms with E-state index in [1.54, 1.807) is 12.1 Å². The van der Waals surface area contributed by atoms with Gasteiger partial charge in [0.05, 0.1) is 27.5 Å². The number of piperidine rings is 1. The van der Waals surface area contributed by atoms with E-state index in [1.807, 2.05) is 65.0 Å². The summed E-state index contributed by atoms with van der Waals surface area (Å²) < 4.78 is 42.3. The molecule has 1 N–H and O–H groups in total. The summed E-state index contributed by atoms with van der Waals surface area (Å²) in [5.41, 5.74) is 2.12.